The van der Waals surface area contributed by atoms with Crippen LogP contribution in [0.1, 0.15) is 38.3 Å². The molecule has 2 aromatic rings. The van der Waals surface area contributed by atoms with Crippen molar-refractivity contribution >= 4 is 22.9 Å². The minimum atomic E-state index is -0.438. The molecule has 0 radical (unpaired) electrons. The van der Waals surface area contributed by atoms with Crippen LogP contribution in [0.2, 0.25) is 0 Å². The van der Waals surface area contributed by atoms with E-state index in [1.54, 1.807) is 12.1 Å². The van der Waals surface area contributed by atoms with Crippen molar-refractivity contribution in [3.63, 3.8) is 0 Å². The molecule has 0 spiro atoms. The number of nitrogens with zero attached hydrogens (tertiary/aromatic N) is 1. The van der Waals surface area contributed by atoms with Crippen LogP contribution in [0.15, 0.2) is 53.5 Å². The number of para-hydroxylation sites is 2. The van der Waals surface area contributed by atoms with E-state index >= 15 is 0 Å². The highest BCUT2D eigenvalue weighted by Gasteiger charge is 2.44. The van der Waals surface area contributed by atoms with E-state index in [1.807, 2.05) is 30.3 Å². The van der Waals surface area contributed by atoms with Gasteiger partial charge in [-0.15, -0.1) is 0 Å². The zero-order valence-electron chi connectivity index (χ0n) is 14.4. The first kappa shape index (κ1) is 16.0. The summed E-state index contributed by atoms with van der Waals surface area (Å²) in [6.45, 7) is 4.18. The molecule has 2 aromatic carbocycles. The van der Waals surface area contributed by atoms with Crippen molar-refractivity contribution in [3.05, 3.63) is 59.9 Å². The van der Waals surface area contributed by atoms with Gasteiger partial charge in [-0.25, -0.2) is 4.39 Å². The zero-order valence-corrected chi connectivity index (χ0v) is 14.4. The van der Waals surface area contributed by atoms with Crippen LogP contribution in [0.3, 0.4) is 0 Å². The summed E-state index contributed by atoms with van der Waals surface area (Å²) >= 11 is 0. The molecule has 0 saturated heterocycles. The zero-order chi connectivity index (χ0) is 17.6. The molecule has 1 aliphatic carbocycles. The number of hydrogen-bond acceptors (Lipinski definition) is 3. The van der Waals surface area contributed by atoms with E-state index in [2.05, 4.69) is 19.2 Å². The third-order valence-electron chi connectivity index (χ3n) is 5.07. The quantitative estimate of drug-likeness (QED) is 0.790. The van der Waals surface area contributed by atoms with Crippen LogP contribution in [0.5, 0.6) is 0 Å². The summed E-state index contributed by atoms with van der Waals surface area (Å²) in [5, 5.41) is 3.40. The van der Waals surface area contributed by atoms with Gasteiger partial charge in [-0.1, -0.05) is 44.2 Å². The van der Waals surface area contributed by atoms with Crippen LogP contribution >= 0.6 is 0 Å². The molecule has 2 aliphatic rings. The predicted octanol–water partition coefficient (Wildman–Crippen LogP) is 5.07. The van der Waals surface area contributed by atoms with Gasteiger partial charge in [0.05, 0.1) is 23.3 Å². The predicted molar refractivity (Wildman–Crippen MR) is 97.8 cm³/mol. The number of nitrogens with one attached hydrogen (secondary N) is 1. The first-order valence-corrected chi connectivity index (χ1v) is 8.65. The Morgan fingerprint density at radius 1 is 1.08 bits per heavy atom. The number of fused-ring (bicyclic) bond motifs is 2. The molecule has 0 amide bonds. The smallest absolute Gasteiger partial charge is 0.144 e. The van der Waals surface area contributed by atoms with Crippen molar-refractivity contribution in [3.8, 4) is 0 Å². The normalized spacial score (nSPS) is 24.4. The van der Waals surface area contributed by atoms with E-state index in [0.29, 0.717) is 12.0 Å². The van der Waals surface area contributed by atoms with Gasteiger partial charge in [0.1, 0.15) is 11.6 Å². The number of ketones is 1. The second kappa shape index (κ2) is 5.80. The summed E-state index contributed by atoms with van der Waals surface area (Å²) in [4.78, 5) is 17.8. The van der Waals surface area contributed by atoms with E-state index in [-0.39, 0.29) is 17.0 Å². The fraction of sp³-hybridized carbons (Fsp3) is 0.333. The topological polar surface area (TPSA) is 41.5 Å². The molecule has 25 heavy (non-hydrogen) atoms. The van der Waals surface area contributed by atoms with Gasteiger partial charge in [-0.2, -0.15) is 0 Å². The number of carbonyl (C=O) groups is 1. The molecule has 1 N–H and O–H groups in total. The second-order valence-electron chi connectivity index (χ2n) is 7.73. The molecular weight excluding hydrogens is 315 g/mol. The van der Waals surface area contributed by atoms with Crippen molar-refractivity contribution in [1.82, 2.24) is 0 Å². The lowest BCUT2D eigenvalue weighted by atomic mass is 9.68. The molecule has 1 aliphatic heterocycles. The van der Waals surface area contributed by atoms with Crippen LogP contribution in [0.25, 0.3) is 0 Å². The highest BCUT2D eigenvalue weighted by atomic mass is 19.1. The van der Waals surface area contributed by atoms with E-state index in [1.165, 1.54) is 6.07 Å². The van der Waals surface area contributed by atoms with Crippen molar-refractivity contribution in [1.29, 1.82) is 0 Å². The Bertz CT molecular complexity index is 872. The van der Waals surface area contributed by atoms with Gasteiger partial charge in [-0.3, -0.25) is 9.79 Å². The SMILES string of the molecule is CC1(C)CC(=O)C2C(=Nc3ccccc3NC2c2ccccc2F)C1. The number of rotatable bonds is 1. The molecule has 1 fully saturated rings. The van der Waals surface area contributed by atoms with Crippen molar-refractivity contribution < 1.29 is 9.18 Å². The molecule has 0 bridgehead atoms. The minimum absolute atomic E-state index is 0.120. The number of halogens is 1. The van der Waals surface area contributed by atoms with Gasteiger partial charge < -0.3 is 5.32 Å². The maximum absolute atomic E-state index is 14.5. The molecule has 4 rings (SSSR count). The van der Waals surface area contributed by atoms with Gasteiger partial charge in [-0.05, 0) is 30.0 Å². The largest absolute Gasteiger partial charge is 0.375 e. The Labute approximate surface area is 147 Å². The number of anilines is 1. The Balaban J connectivity index is 1.89. The molecular formula is C21H21FN2O. The van der Waals surface area contributed by atoms with Gasteiger partial charge in [0, 0.05) is 17.7 Å². The Kier molecular flexibility index (Phi) is 3.71. The van der Waals surface area contributed by atoms with Crippen LogP contribution in [-0.2, 0) is 4.79 Å². The number of Topliss-reactive ketones (excluding diaryl/α,β-unsaturated/α-hetero) is 1. The second-order valence-corrected chi connectivity index (χ2v) is 7.73. The summed E-state index contributed by atoms with van der Waals surface area (Å²) < 4.78 is 14.5. The maximum Gasteiger partial charge on any atom is 0.144 e. The lowest BCUT2D eigenvalue weighted by Gasteiger charge is -2.37. The van der Waals surface area contributed by atoms with Gasteiger partial charge in [0.15, 0.2) is 0 Å². The Morgan fingerprint density at radius 2 is 1.80 bits per heavy atom. The van der Waals surface area contributed by atoms with E-state index in [9.17, 15) is 9.18 Å². The highest BCUT2D eigenvalue weighted by Crippen LogP contribution is 2.45. The molecule has 2 unspecified atom stereocenters. The maximum atomic E-state index is 14.5. The molecule has 1 saturated carbocycles. The molecule has 3 nitrogen and oxygen atoms in total. The first-order chi connectivity index (χ1) is 11.9. The van der Waals surface area contributed by atoms with Crippen LogP contribution in [0.4, 0.5) is 15.8 Å². The summed E-state index contributed by atoms with van der Waals surface area (Å²) in [6.07, 6.45) is 1.23. The Hall–Kier alpha value is -2.49. The standard InChI is InChI=1S/C21H21FN2O/c1-21(2)11-17-19(18(25)12-21)20(13-7-3-4-8-14(13)22)24-16-10-6-5-9-15(16)23-17/h3-10,19-20,24H,11-12H2,1-2H3. The van der Waals surface area contributed by atoms with Gasteiger partial charge in [0.2, 0.25) is 0 Å². The van der Waals surface area contributed by atoms with Gasteiger partial charge >= 0.3 is 0 Å². The summed E-state index contributed by atoms with van der Waals surface area (Å²) in [6, 6.07) is 14.0. The summed E-state index contributed by atoms with van der Waals surface area (Å²) in [7, 11) is 0. The molecule has 128 valence electrons. The lowest BCUT2D eigenvalue weighted by molar-refractivity contribution is -0.124. The highest BCUT2D eigenvalue weighted by molar-refractivity contribution is 6.10. The van der Waals surface area contributed by atoms with Gasteiger partial charge in [0.25, 0.3) is 0 Å². The average Bonchev–Trinajstić information content (AvgIpc) is 2.70. The minimum Gasteiger partial charge on any atom is -0.375 e. The lowest BCUT2D eigenvalue weighted by Crippen LogP contribution is -2.42. The van der Waals surface area contributed by atoms with Crippen LogP contribution in [-0.4, -0.2) is 11.5 Å². The number of aliphatic imine (C=N–C) groups is 1. The van der Waals surface area contributed by atoms with E-state index in [4.69, 9.17) is 4.99 Å². The van der Waals surface area contributed by atoms with E-state index in [0.717, 1.165) is 23.5 Å². The monoisotopic (exact) mass is 336 g/mol. The van der Waals surface area contributed by atoms with Crippen molar-refractivity contribution in [2.45, 2.75) is 32.7 Å². The first-order valence-electron chi connectivity index (χ1n) is 8.65. The third kappa shape index (κ3) is 2.86. The fourth-order valence-electron chi connectivity index (χ4n) is 4.00. The van der Waals surface area contributed by atoms with Crippen LogP contribution in [0, 0.1) is 17.2 Å². The molecule has 0 aromatic heterocycles. The van der Waals surface area contributed by atoms with E-state index < -0.39 is 12.0 Å². The molecule has 1 heterocycles. The fourth-order valence-corrected chi connectivity index (χ4v) is 4.00. The number of hydrogen-bond donors (Lipinski definition) is 1. The number of carbonyl (C=O) groups excluding carboxylic acids is 1. The molecule has 4 heteroatoms. The average molecular weight is 336 g/mol. The number of benzene rings is 2. The van der Waals surface area contributed by atoms with Crippen LogP contribution < -0.4 is 5.32 Å². The molecule has 2 atom stereocenters. The van der Waals surface area contributed by atoms with Crippen molar-refractivity contribution in [2.75, 3.05) is 5.32 Å². The Morgan fingerprint density at radius 3 is 2.60 bits per heavy atom. The third-order valence-corrected chi connectivity index (χ3v) is 5.07. The summed E-state index contributed by atoms with van der Waals surface area (Å²) in [5.41, 5.74) is 2.90. The van der Waals surface area contributed by atoms with Crippen molar-refractivity contribution in [2.24, 2.45) is 16.3 Å². The summed E-state index contributed by atoms with van der Waals surface area (Å²) in [5.74, 6) is -0.600.